The molecule has 238 valence electrons. The molecule has 0 spiro atoms. The Bertz CT molecular complexity index is 2830. The molecule has 7 aromatic carbocycles. The van der Waals surface area contributed by atoms with Crippen LogP contribution in [-0.4, -0.2) is 4.57 Å². The van der Waals surface area contributed by atoms with Gasteiger partial charge in [-0.25, -0.2) is 0 Å². The number of rotatable bonds is 4. The van der Waals surface area contributed by atoms with E-state index in [0.717, 1.165) is 6.42 Å². The summed E-state index contributed by atoms with van der Waals surface area (Å²) in [6, 6.07) is 63.0. The summed E-state index contributed by atoms with van der Waals surface area (Å²) in [5.41, 5.74) is 19.5. The molecule has 51 heavy (non-hydrogen) atoms. The van der Waals surface area contributed by atoms with Crippen molar-refractivity contribution in [3.05, 3.63) is 205 Å². The van der Waals surface area contributed by atoms with Crippen LogP contribution in [0.1, 0.15) is 28.3 Å². The van der Waals surface area contributed by atoms with Crippen LogP contribution in [0.25, 0.3) is 72.0 Å². The molecule has 2 nitrogen and oxygen atoms in total. The van der Waals surface area contributed by atoms with Crippen LogP contribution in [0.3, 0.4) is 0 Å². The molecule has 0 bridgehead atoms. The maximum absolute atomic E-state index is 2.42. The van der Waals surface area contributed by atoms with Crippen molar-refractivity contribution in [1.82, 2.24) is 4.57 Å². The first-order valence-corrected chi connectivity index (χ1v) is 17.8. The fourth-order valence-corrected chi connectivity index (χ4v) is 8.80. The van der Waals surface area contributed by atoms with Crippen LogP contribution in [0.2, 0.25) is 0 Å². The van der Waals surface area contributed by atoms with Gasteiger partial charge in [-0.3, -0.25) is 0 Å². The normalized spacial score (nSPS) is 14.0. The molecule has 2 aliphatic carbocycles. The smallest absolute Gasteiger partial charge is 0.210 e. The summed E-state index contributed by atoms with van der Waals surface area (Å²) >= 11 is 0. The lowest BCUT2D eigenvalue weighted by Crippen LogP contribution is -2.38. The predicted molar refractivity (Wildman–Crippen MR) is 209 cm³/mol. The highest BCUT2D eigenvalue weighted by Crippen LogP contribution is 2.46. The van der Waals surface area contributed by atoms with Crippen LogP contribution in [0.15, 0.2) is 182 Å². The average Bonchev–Trinajstić information content (AvgIpc) is 3.85. The first kappa shape index (κ1) is 28.3. The summed E-state index contributed by atoms with van der Waals surface area (Å²) in [5.74, 6) is 0. The molecule has 2 heteroatoms. The zero-order valence-electron chi connectivity index (χ0n) is 28.0. The quantitative estimate of drug-likeness (QED) is 0.168. The summed E-state index contributed by atoms with van der Waals surface area (Å²) < 4.78 is 4.71. The van der Waals surface area contributed by atoms with Crippen molar-refractivity contribution in [2.75, 3.05) is 0 Å². The van der Waals surface area contributed by atoms with Gasteiger partial charge in [0.1, 0.15) is 0 Å². The lowest BCUT2D eigenvalue weighted by Gasteiger charge is -2.11. The van der Waals surface area contributed by atoms with Crippen LogP contribution in [0, 0.1) is 0 Å². The number of para-hydroxylation sites is 2. The Morgan fingerprint density at radius 1 is 0.412 bits per heavy atom. The van der Waals surface area contributed by atoms with Gasteiger partial charge in [0, 0.05) is 39.7 Å². The highest BCUT2D eigenvalue weighted by molar-refractivity contribution is 6.10. The Hall–Kier alpha value is -6.51. The minimum Gasteiger partial charge on any atom is -0.309 e. The maximum Gasteiger partial charge on any atom is 0.210 e. The number of benzene rings is 7. The van der Waals surface area contributed by atoms with Crippen molar-refractivity contribution in [3.63, 3.8) is 0 Å². The zero-order chi connectivity index (χ0) is 33.5. The van der Waals surface area contributed by atoms with Gasteiger partial charge in [-0.2, -0.15) is 4.57 Å². The number of pyridine rings is 1. The van der Waals surface area contributed by atoms with Crippen molar-refractivity contribution in [2.45, 2.75) is 12.5 Å². The van der Waals surface area contributed by atoms with E-state index < -0.39 is 0 Å². The topological polar surface area (TPSA) is 8.81 Å². The van der Waals surface area contributed by atoms with E-state index in [4.69, 9.17) is 0 Å². The van der Waals surface area contributed by atoms with E-state index in [2.05, 4.69) is 191 Å². The Labute approximate surface area is 297 Å². The van der Waals surface area contributed by atoms with Crippen LogP contribution in [0.5, 0.6) is 0 Å². The second kappa shape index (κ2) is 11.0. The lowest BCUT2D eigenvalue weighted by atomic mass is 9.94. The third-order valence-corrected chi connectivity index (χ3v) is 11.2. The molecule has 2 aliphatic rings. The van der Waals surface area contributed by atoms with Gasteiger partial charge in [0.2, 0.25) is 6.04 Å². The van der Waals surface area contributed by atoms with Crippen molar-refractivity contribution >= 4 is 21.8 Å². The van der Waals surface area contributed by atoms with Crippen molar-refractivity contribution in [3.8, 4) is 50.2 Å². The fourth-order valence-electron chi connectivity index (χ4n) is 8.80. The number of hydrogen-bond acceptors (Lipinski definition) is 0. The van der Waals surface area contributed by atoms with Gasteiger partial charge in [0.05, 0.1) is 11.0 Å². The largest absolute Gasteiger partial charge is 0.309 e. The van der Waals surface area contributed by atoms with Crippen LogP contribution >= 0.6 is 0 Å². The van der Waals surface area contributed by atoms with E-state index in [1.807, 2.05) is 0 Å². The van der Waals surface area contributed by atoms with E-state index in [0.29, 0.717) is 0 Å². The number of fused-ring (bicyclic) bond motifs is 9. The van der Waals surface area contributed by atoms with Crippen LogP contribution < -0.4 is 4.57 Å². The van der Waals surface area contributed by atoms with Gasteiger partial charge < -0.3 is 4.57 Å². The Morgan fingerprint density at radius 2 is 0.980 bits per heavy atom. The first-order valence-electron chi connectivity index (χ1n) is 17.8. The van der Waals surface area contributed by atoms with Gasteiger partial charge in [-0.05, 0) is 111 Å². The Kier molecular flexibility index (Phi) is 6.11. The molecule has 11 rings (SSSR count). The van der Waals surface area contributed by atoms with Gasteiger partial charge in [-0.1, -0.05) is 109 Å². The third kappa shape index (κ3) is 4.33. The number of hydrogen-bond donors (Lipinski definition) is 0. The second-order valence-electron chi connectivity index (χ2n) is 14.0. The minimum absolute atomic E-state index is 0.186. The molecule has 0 amide bonds. The summed E-state index contributed by atoms with van der Waals surface area (Å²) in [7, 11) is 0. The van der Waals surface area contributed by atoms with Crippen LogP contribution in [-0.2, 0) is 6.42 Å². The molecule has 0 saturated carbocycles. The van der Waals surface area contributed by atoms with E-state index in [1.54, 1.807) is 0 Å². The molecular weight excluding hydrogens is 617 g/mol. The van der Waals surface area contributed by atoms with Crippen LogP contribution in [0.4, 0.5) is 0 Å². The lowest BCUT2D eigenvalue weighted by molar-refractivity contribution is -0.704. The van der Waals surface area contributed by atoms with Gasteiger partial charge in [0.15, 0.2) is 12.4 Å². The summed E-state index contributed by atoms with van der Waals surface area (Å²) in [6.45, 7) is 0. The molecule has 0 aliphatic heterocycles. The van der Waals surface area contributed by atoms with Gasteiger partial charge in [0.25, 0.3) is 0 Å². The molecule has 9 aromatic rings. The molecule has 0 saturated heterocycles. The van der Waals surface area contributed by atoms with Gasteiger partial charge in [-0.15, -0.1) is 0 Å². The standard InChI is InChI=1S/C49H33N2/c1-3-11-38(12-4-1)51-47-16-8-7-14-40(47)46-31-35(22-24-48(46)51)33-18-20-37-27-36-19-17-32(28-43(36)44(37)29-33)34-21-23-42-45(30-34)39-13-5-6-15-41(39)49(42)50-25-9-2-10-26-50/h1-26,28-31,49H,27H2/q+1. The predicted octanol–water partition coefficient (Wildman–Crippen LogP) is 11.6. The average molecular weight is 650 g/mol. The Balaban J connectivity index is 0.992. The summed E-state index contributed by atoms with van der Waals surface area (Å²) in [4.78, 5) is 0. The molecule has 1 atom stereocenters. The molecule has 2 heterocycles. The van der Waals surface area contributed by atoms with E-state index >= 15 is 0 Å². The number of nitrogens with zero attached hydrogens (tertiary/aromatic N) is 2. The second-order valence-corrected chi connectivity index (χ2v) is 14.0. The summed E-state index contributed by atoms with van der Waals surface area (Å²) in [5, 5.41) is 2.56. The first-order chi connectivity index (χ1) is 25.3. The third-order valence-electron chi connectivity index (χ3n) is 11.2. The molecule has 1 unspecified atom stereocenters. The van der Waals surface area contributed by atoms with Crippen molar-refractivity contribution in [1.29, 1.82) is 0 Å². The SMILES string of the molecule is c1ccc(-n2c3ccccc3c3cc(-c4ccc5c(c4)-c4cc(-c6ccc7c(c6)-c6ccccc6C7[n+]6ccccc6)ccc4C5)ccc32)cc1. The Morgan fingerprint density at radius 3 is 1.76 bits per heavy atom. The van der Waals surface area contributed by atoms with Gasteiger partial charge >= 0.3 is 0 Å². The molecular formula is C49H33N2+. The minimum atomic E-state index is 0.186. The zero-order valence-corrected chi connectivity index (χ0v) is 28.0. The molecule has 0 N–H and O–H groups in total. The highest BCUT2D eigenvalue weighted by atomic mass is 15.0. The van der Waals surface area contributed by atoms with Crippen molar-refractivity contribution in [2.24, 2.45) is 0 Å². The van der Waals surface area contributed by atoms with E-state index in [1.165, 1.54) is 94.3 Å². The maximum atomic E-state index is 2.42. The van der Waals surface area contributed by atoms with E-state index in [9.17, 15) is 0 Å². The monoisotopic (exact) mass is 649 g/mol. The molecule has 0 radical (unpaired) electrons. The molecule has 2 aromatic heterocycles. The van der Waals surface area contributed by atoms with Crippen molar-refractivity contribution < 1.29 is 4.57 Å². The fraction of sp³-hybridized carbons (Fsp3) is 0.0408. The highest BCUT2D eigenvalue weighted by Gasteiger charge is 2.35. The summed E-state index contributed by atoms with van der Waals surface area (Å²) in [6.07, 6.45) is 5.33. The van der Waals surface area contributed by atoms with E-state index in [-0.39, 0.29) is 6.04 Å². The number of aromatic nitrogens is 2. The molecule has 0 fully saturated rings.